The number of amides is 1. The smallest absolute Gasteiger partial charge is 0.261 e. The first-order valence-corrected chi connectivity index (χ1v) is 12.1. The lowest BCUT2D eigenvalue weighted by atomic mass is 9.92. The van der Waals surface area contributed by atoms with E-state index in [9.17, 15) is 4.79 Å². The van der Waals surface area contributed by atoms with E-state index in [-0.39, 0.29) is 5.91 Å². The normalized spacial score (nSPS) is 14.2. The highest BCUT2D eigenvalue weighted by Crippen LogP contribution is 2.26. The van der Waals surface area contributed by atoms with Gasteiger partial charge in [0.25, 0.3) is 5.91 Å². The molecule has 3 rings (SSSR count). The first-order chi connectivity index (χ1) is 14.1. The lowest BCUT2D eigenvalue weighted by molar-refractivity contribution is -0.127. The molecule has 2 aromatic carbocycles. The molecule has 1 amide bonds. The summed E-state index contributed by atoms with van der Waals surface area (Å²) in [6.07, 6.45) is 4.91. The van der Waals surface area contributed by atoms with Crippen LogP contribution in [0, 0.1) is 0 Å². The predicted octanol–water partition coefficient (Wildman–Crippen LogP) is 6.08. The molecule has 0 saturated carbocycles. The van der Waals surface area contributed by atoms with Crippen molar-refractivity contribution in [3.8, 4) is 5.75 Å². The fourth-order valence-corrected chi connectivity index (χ4v) is 4.87. The zero-order valence-electron chi connectivity index (χ0n) is 16.7. The van der Waals surface area contributed by atoms with Gasteiger partial charge in [-0.3, -0.25) is 4.79 Å². The highest BCUT2D eigenvalue weighted by atomic mass is 35.5. The van der Waals surface area contributed by atoms with E-state index in [4.69, 9.17) is 27.9 Å². The van der Waals surface area contributed by atoms with Gasteiger partial charge in [0.15, 0.2) is 6.10 Å². The van der Waals surface area contributed by atoms with Crippen molar-refractivity contribution in [1.82, 2.24) is 5.32 Å². The number of rotatable bonds is 9. The van der Waals surface area contributed by atoms with Gasteiger partial charge in [0, 0.05) is 28.1 Å². The summed E-state index contributed by atoms with van der Waals surface area (Å²) in [5.41, 5.74) is 3.83. The van der Waals surface area contributed by atoms with Gasteiger partial charge in [0.05, 0.1) is 0 Å². The predicted molar refractivity (Wildman–Crippen MR) is 123 cm³/mol. The van der Waals surface area contributed by atoms with Crippen molar-refractivity contribution in [3.05, 3.63) is 63.1 Å². The molecule has 6 heteroatoms. The Morgan fingerprint density at radius 3 is 2.69 bits per heavy atom. The lowest BCUT2D eigenvalue weighted by Crippen LogP contribution is -2.39. The Morgan fingerprint density at radius 2 is 1.93 bits per heavy atom. The molecule has 0 radical (unpaired) electrons. The van der Waals surface area contributed by atoms with E-state index < -0.39 is 6.10 Å². The van der Waals surface area contributed by atoms with Crippen LogP contribution in [-0.2, 0) is 23.4 Å². The van der Waals surface area contributed by atoms with Crippen LogP contribution in [0.1, 0.15) is 42.9 Å². The van der Waals surface area contributed by atoms with Crippen LogP contribution in [0.5, 0.6) is 5.75 Å². The molecule has 0 saturated heterocycles. The summed E-state index contributed by atoms with van der Waals surface area (Å²) in [5, 5.41) is 4.31. The summed E-state index contributed by atoms with van der Waals surface area (Å²) in [7, 11) is 0. The number of hydrogen-bond donors (Lipinski definition) is 1. The molecule has 1 aliphatic carbocycles. The summed E-state index contributed by atoms with van der Waals surface area (Å²) in [6, 6.07) is 11.8. The zero-order chi connectivity index (χ0) is 20.6. The Balaban J connectivity index is 1.42. The quantitative estimate of drug-likeness (QED) is 0.469. The molecule has 0 bridgehead atoms. The molecule has 29 heavy (non-hydrogen) atoms. The number of aryl methyl sites for hydroxylation is 2. The van der Waals surface area contributed by atoms with Gasteiger partial charge in [-0.25, -0.2) is 0 Å². The van der Waals surface area contributed by atoms with Crippen LogP contribution < -0.4 is 10.1 Å². The molecule has 1 aliphatic rings. The number of benzene rings is 2. The minimum absolute atomic E-state index is 0.0599. The molecule has 0 aromatic heterocycles. The second-order valence-electron chi connectivity index (χ2n) is 7.23. The first kappa shape index (κ1) is 22.3. The maximum atomic E-state index is 12.5. The third kappa shape index (κ3) is 6.56. The number of halogens is 2. The molecule has 1 N–H and O–H groups in total. The number of carbonyl (C=O) groups is 1. The van der Waals surface area contributed by atoms with Crippen LogP contribution in [0.2, 0.25) is 10.0 Å². The van der Waals surface area contributed by atoms with Gasteiger partial charge < -0.3 is 10.1 Å². The lowest BCUT2D eigenvalue weighted by Gasteiger charge is -2.20. The minimum Gasteiger partial charge on any atom is -0.481 e. The molecule has 0 aliphatic heterocycles. The Hall–Kier alpha value is -1.36. The molecular weight excluding hydrogens is 425 g/mol. The number of hydrogen-bond acceptors (Lipinski definition) is 3. The van der Waals surface area contributed by atoms with Gasteiger partial charge >= 0.3 is 0 Å². The summed E-state index contributed by atoms with van der Waals surface area (Å²) < 4.78 is 6.00. The Bertz CT molecular complexity index is 844. The highest BCUT2D eigenvalue weighted by Gasteiger charge is 2.19. The third-order valence-corrected chi connectivity index (χ3v) is 6.67. The summed E-state index contributed by atoms with van der Waals surface area (Å²) >= 11 is 13.8. The van der Waals surface area contributed by atoms with E-state index in [1.54, 1.807) is 17.8 Å². The molecule has 0 spiro atoms. The molecule has 0 unspecified atom stereocenters. The van der Waals surface area contributed by atoms with E-state index in [0.717, 1.165) is 35.7 Å². The van der Waals surface area contributed by atoms with Crippen molar-refractivity contribution < 1.29 is 9.53 Å². The van der Waals surface area contributed by atoms with E-state index in [2.05, 4.69) is 17.4 Å². The van der Waals surface area contributed by atoms with Crippen LogP contribution in [0.25, 0.3) is 0 Å². The van der Waals surface area contributed by atoms with Gasteiger partial charge in [-0.2, -0.15) is 11.8 Å². The molecular formula is C23H27Cl2NO2S. The van der Waals surface area contributed by atoms with E-state index in [1.165, 1.54) is 24.0 Å². The van der Waals surface area contributed by atoms with Gasteiger partial charge in [0.1, 0.15) is 5.75 Å². The number of fused-ring (bicyclic) bond motifs is 1. The summed E-state index contributed by atoms with van der Waals surface area (Å²) in [5.74, 6) is 2.32. The van der Waals surface area contributed by atoms with Crippen molar-refractivity contribution in [2.75, 3.05) is 12.3 Å². The van der Waals surface area contributed by atoms with Crippen LogP contribution in [-0.4, -0.2) is 24.3 Å². The van der Waals surface area contributed by atoms with Crippen LogP contribution in [0.4, 0.5) is 0 Å². The first-order valence-electron chi connectivity index (χ1n) is 10.1. The largest absolute Gasteiger partial charge is 0.481 e. The Morgan fingerprint density at radius 1 is 1.14 bits per heavy atom. The van der Waals surface area contributed by atoms with E-state index >= 15 is 0 Å². The van der Waals surface area contributed by atoms with Gasteiger partial charge in [0.2, 0.25) is 0 Å². The van der Waals surface area contributed by atoms with Crippen molar-refractivity contribution >= 4 is 40.9 Å². The topological polar surface area (TPSA) is 38.3 Å². The van der Waals surface area contributed by atoms with Crippen molar-refractivity contribution in [1.29, 1.82) is 0 Å². The monoisotopic (exact) mass is 451 g/mol. The Kier molecular flexibility index (Phi) is 8.58. The average Bonchev–Trinajstić information content (AvgIpc) is 2.72. The van der Waals surface area contributed by atoms with Crippen molar-refractivity contribution in [3.63, 3.8) is 0 Å². The fourth-order valence-electron chi connectivity index (χ4n) is 3.45. The van der Waals surface area contributed by atoms with Crippen LogP contribution in [0.15, 0.2) is 36.4 Å². The average molecular weight is 452 g/mol. The molecule has 2 aromatic rings. The molecule has 1 atom stereocenters. The number of carbonyl (C=O) groups excluding carboxylic acids is 1. The minimum atomic E-state index is -0.465. The van der Waals surface area contributed by atoms with Crippen molar-refractivity contribution in [2.24, 2.45) is 0 Å². The summed E-state index contributed by atoms with van der Waals surface area (Å²) in [6.45, 7) is 2.57. The SMILES string of the molecule is CC[C@@H](Oc1ccc2c(c1)CCCC2)C(=O)NCCSCc1ccc(Cl)cc1Cl. The fraction of sp³-hybridized carbons (Fsp3) is 0.435. The number of nitrogens with one attached hydrogen (secondary N) is 1. The van der Waals surface area contributed by atoms with E-state index in [1.807, 2.05) is 25.1 Å². The molecule has 0 heterocycles. The molecule has 156 valence electrons. The third-order valence-electron chi connectivity index (χ3n) is 5.08. The van der Waals surface area contributed by atoms with Crippen molar-refractivity contribution in [2.45, 2.75) is 50.9 Å². The molecule has 0 fully saturated rings. The summed E-state index contributed by atoms with van der Waals surface area (Å²) in [4.78, 5) is 12.5. The van der Waals surface area contributed by atoms with Gasteiger partial charge in [-0.15, -0.1) is 0 Å². The van der Waals surface area contributed by atoms with Crippen LogP contribution in [0.3, 0.4) is 0 Å². The van der Waals surface area contributed by atoms with Gasteiger partial charge in [-0.05, 0) is 73.1 Å². The second kappa shape index (κ2) is 11.1. The Labute approximate surface area is 187 Å². The number of thioether (sulfide) groups is 1. The number of ether oxygens (including phenoxy) is 1. The zero-order valence-corrected chi connectivity index (χ0v) is 19.0. The maximum absolute atomic E-state index is 12.5. The van der Waals surface area contributed by atoms with Gasteiger partial charge in [-0.1, -0.05) is 42.3 Å². The standard InChI is InChI=1S/C23H27Cl2NO2S/c1-2-22(28-20-10-8-16-5-3-4-6-17(16)13-20)23(27)26-11-12-29-15-18-7-9-19(24)14-21(18)25/h7-10,13-14,22H,2-6,11-12,15H2,1H3,(H,26,27)/t22-/m1/s1. The molecule has 3 nitrogen and oxygen atoms in total. The second-order valence-corrected chi connectivity index (χ2v) is 9.18. The highest BCUT2D eigenvalue weighted by molar-refractivity contribution is 7.98. The van der Waals surface area contributed by atoms with E-state index in [0.29, 0.717) is 23.0 Å². The maximum Gasteiger partial charge on any atom is 0.261 e. The van der Waals surface area contributed by atoms with Crippen LogP contribution >= 0.6 is 35.0 Å².